The predicted molar refractivity (Wildman–Crippen MR) is 95.5 cm³/mol. The molecule has 0 saturated heterocycles. The van der Waals surface area contributed by atoms with Gasteiger partial charge in [-0.3, -0.25) is 4.79 Å². The molecule has 0 unspecified atom stereocenters. The molecule has 26 heavy (non-hydrogen) atoms. The summed E-state index contributed by atoms with van der Waals surface area (Å²) in [6, 6.07) is 14.1. The van der Waals surface area contributed by atoms with Crippen LogP contribution in [0.4, 0.5) is 24.5 Å². The molecule has 0 spiro atoms. The van der Waals surface area contributed by atoms with Crippen LogP contribution in [0.25, 0.3) is 10.9 Å². The van der Waals surface area contributed by atoms with E-state index in [-0.39, 0.29) is 11.4 Å². The number of hydrogen-bond acceptors (Lipinski definition) is 3. The summed E-state index contributed by atoms with van der Waals surface area (Å²) in [6.07, 6.45) is -4.59. The van der Waals surface area contributed by atoms with Crippen molar-refractivity contribution in [1.82, 2.24) is 4.98 Å². The average molecular weight is 359 g/mol. The van der Waals surface area contributed by atoms with Crippen LogP contribution in [0.1, 0.15) is 16.1 Å². The summed E-state index contributed by atoms with van der Waals surface area (Å²) in [5, 5.41) is 3.17. The van der Waals surface area contributed by atoms with Gasteiger partial charge in [0.15, 0.2) is 0 Å². The Morgan fingerprint density at radius 3 is 2.46 bits per heavy atom. The number of amides is 1. The summed E-state index contributed by atoms with van der Waals surface area (Å²) in [4.78, 5) is 18.2. The second-order valence-corrected chi connectivity index (χ2v) is 5.97. The van der Waals surface area contributed by atoms with Crippen molar-refractivity contribution in [3.8, 4) is 0 Å². The maximum atomic E-state index is 13.4. The van der Waals surface area contributed by atoms with Gasteiger partial charge in [0.2, 0.25) is 0 Å². The molecule has 0 saturated carbocycles. The van der Waals surface area contributed by atoms with Gasteiger partial charge in [0, 0.05) is 25.2 Å². The summed E-state index contributed by atoms with van der Waals surface area (Å²) in [5.41, 5.74) is -0.173. The number of pyridine rings is 1. The molecule has 1 N–H and O–H groups in total. The van der Waals surface area contributed by atoms with E-state index in [2.05, 4.69) is 10.3 Å². The first-order valence-corrected chi connectivity index (χ1v) is 7.81. The van der Waals surface area contributed by atoms with Crippen molar-refractivity contribution >= 4 is 28.2 Å². The van der Waals surface area contributed by atoms with Crippen molar-refractivity contribution in [3.63, 3.8) is 0 Å². The second kappa shape index (κ2) is 6.67. The van der Waals surface area contributed by atoms with Gasteiger partial charge in [0.1, 0.15) is 5.69 Å². The lowest BCUT2D eigenvalue weighted by Gasteiger charge is -2.18. The Labute approximate surface area is 148 Å². The SMILES string of the molecule is CN(C)c1ccc(NC(=O)c2ccc3ccccc3n2)c(C(F)(F)F)c1. The summed E-state index contributed by atoms with van der Waals surface area (Å²) in [6.45, 7) is 0. The minimum absolute atomic E-state index is 0.0495. The molecule has 7 heteroatoms. The van der Waals surface area contributed by atoms with E-state index in [1.807, 2.05) is 12.1 Å². The fourth-order valence-electron chi connectivity index (χ4n) is 2.53. The number of aromatic nitrogens is 1. The van der Waals surface area contributed by atoms with E-state index < -0.39 is 17.6 Å². The summed E-state index contributed by atoms with van der Waals surface area (Å²) < 4.78 is 40.1. The summed E-state index contributed by atoms with van der Waals surface area (Å²) in [5.74, 6) is -0.696. The lowest BCUT2D eigenvalue weighted by atomic mass is 10.1. The van der Waals surface area contributed by atoms with Crippen LogP contribution < -0.4 is 10.2 Å². The molecule has 0 aliphatic heterocycles. The van der Waals surface area contributed by atoms with Crippen LogP contribution in [0.15, 0.2) is 54.6 Å². The third-order valence-electron chi connectivity index (χ3n) is 3.90. The molecule has 0 fully saturated rings. The maximum Gasteiger partial charge on any atom is 0.418 e. The normalized spacial score (nSPS) is 11.4. The number of carbonyl (C=O) groups excluding carboxylic acids is 1. The minimum atomic E-state index is -4.59. The van der Waals surface area contributed by atoms with Gasteiger partial charge >= 0.3 is 6.18 Å². The van der Waals surface area contributed by atoms with Crippen molar-refractivity contribution < 1.29 is 18.0 Å². The van der Waals surface area contributed by atoms with Crippen molar-refractivity contribution in [3.05, 3.63) is 65.9 Å². The smallest absolute Gasteiger partial charge is 0.378 e. The number of fused-ring (bicyclic) bond motifs is 1. The minimum Gasteiger partial charge on any atom is -0.378 e. The van der Waals surface area contributed by atoms with Gasteiger partial charge in [0.25, 0.3) is 5.91 Å². The Hall–Kier alpha value is -3.09. The third-order valence-corrected chi connectivity index (χ3v) is 3.90. The first-order chi connectivity index (χ1) is 12.3. The largest absolute Gasteiger partial charge is 0.418 e. The number of anilines is 2. The van der Waals surface area contributed by atoms with Gasteiger partial charge in [-0.1, -0.05) is 24.3 Å². The van der Waals surface area contributed by atoms with Crippen molar-refractivity contribution in [1.29, 1.82) is 0 Å². The quantitative estimate of drug-likeness (QED) is 0.745. The molecule has 1 aromatic heterocycles. The standard InChI is InChI=1S/C19H16F3N3O/c1-25(2)13-8-10-16(14(11-13)19(20,21)22)24-18(26)17-9-7-12-5-3-4-6-15(12)23-17/h3-11H,1-2H3,(H,24,26). The molecule has 0 radical (unpaired) electrons. The van der Waals surface area contributed by atoms with E-state index in [1.54, 1.807) is 37.2 Å². The number of hydrogen-bond donors (Lipinski definition) is 1. The lowest BCUT2D eigenvalue weighted by molar-refractivity contribution is -0.136. The van der Waals surface area contributed by atoms with Gasteiger partial charge in [-0.2, -0.15) is 13.2 Å². The molecule has 2 aromatic carbocycles. The van der Waals surface area contributed by atoms with Gasteiger partial charge in [0.05, 0.1) is 16.8 Å². The Balaban J connectivity index is 1.95. The first kappa shape index (κ1) is 17.7. The highest BCUT2D eigenvalue weighted by Gasteiger charge is 2.34. The lowest BCUT2D eigenvalue weighted by Crippen LogP contribution is -2.19. The third kappa shape index (κ3) is 3.61. The number of nitrogens with zero attached hydrogens (tertiary/aromatic N) is 2. The topological polar surface area (TPSA) is 45.2 Å². The highest BCUT2D eigenvalue weighted by Crippen LogP contribution is 2.37. The number of rotatable bonds is 3. The average Bonchev–Trinajstić information content (AvgIpc) is 2.60. The first-order valence-electron chi connectivity index (χ1n) is 7.81. The van der Waals surface area contributed by atoms with E-state index in [0.717, 1.165) is 11.5 Å². The number of para-hydroxylation sites is 1. The molecule has 134 valence electrons. The Bertz CT molecular complexity index is 968. The molecule has 0 atom stereocenters. The van der Waals surface area contributed by atoms with Crippen molar-refractivity contribution in [2.75, 3.05) is 24.3 Å². The van der Waals surface area contributed by atoms with Crippen LogP contribution >= 0.6 is 0 Å². The van der Waals surface area contributed by atoms with E-state index in [1.165, 1.54) is 18.2 Å². The van der Waals surface area contributed by atoms with E-state index in [9.17, 15) is 18.0 Å². The predicted octanol–water partition coefficient (Wildman–Crippen LogP) is 4.57. The number of alkyl halides is 3. The zero-order chi connectivity index (χ0) is 18.9. The molecule has 0 aliphatic rings. The number of halogens is 3. The van der Waals surface area contributed by atoms with E-state index in [0.29, 0.717) is 11.2 Å². The molecular formula is C19H16F3N3O. The van der Waals surface area contributed by atoms with Gasteiger partial charge < -0.3 is 10.2 Å². The zero-order valence-corrected chi connectivity index (χ0v) is 14.1. The maximum absolute atomic E-state index is 13.4. The number of benzene rings is 2. The Kier molecular flexibility index (Phi) is 4.54. The van der Waals surface area contributed by atoms with Gasteiger partial charge in [-0.05, 0) is 30.3 Å². The van der Waals surface area contributed by atoms with Crippen LogP contribution in [-0.2, 0) is 6.18 Å². The highest BCUT2D eigenvalue weighted by atomic mass is 19.4. The molecule has 0 bridgehead atoms. The Morgan fingerprint density at radius 1 is 1.04 bits per heavy atom. The van der Waals surface area contributed by atoms with E-state index in [4.69, 9.17) is 0 Å². The zero-order valence-electron chi connectivity index (χ0n) is 14.1. The van der Waals surface area contributed by atoms with Crippen LogP contribution in [0.2, 0.25) is 0 Å². The number of nitrogens with one attached hydrogen (secondary N) is 1. The summed E-state index contributed by atoms with van der Waals surface area (Å²) in [7, 11) is 3.29. The van der Waals surface area contributed by atoms with Gasteiger partial charge in [-0.15, -0.1) is 0 Å². The van der Waals surface area contributed by atoms with Crippen LogP contribution in [0, 0.1) is 0 Å². The van der Waals surface area contributed by atoms with Crippen LogP contribution in [0.3, 0.4) is 0 Å². The molecule has 4 nitrogen and oxygen atoms in total. The fraction of sp³-hybridized carbons (Fsp3) is 0.158. The van der Waals surface area contributed by atoms with Crippen molar-refractivity contribution in [2.24, 2.45) is 0 Å². The molecule has 3 rings (SSSR count). The fourth-order valence-corrected chi connectivity index (χ4v) is 2.53. The monoisotopic (exact) mass is 359 g/mol. The number of carbonyl (C=O) groups is 1. The highest BCUT2D eigenvalue weighted by molar-refractivity contribution is 6.04. The molecule has 0 aliphatic carbocycles. The van der Waals surface area contributed by atoms with Crippen LogP contribution in [-0.4, -0.2) is 25.0 Å². The Morgan fingerprint density at radius 2 is 1.77 bits per heavy atom. The van der Waals surface area contributed by atoms with Gasteiger partial charge in [-0.25, -0.2) is 4.98 Å². The molecule has 1 heterocycles. The molecular weight excluding hydrogens is 343 g/mol. The summed E-state index contributed by atoms with van der Waals surface area (Å²) >= 11 is 0. The molecule has 1 amide bonds. The molecule has 3 aromatic rings. The van der Waals surface area contributed by atoms with Crippen molar-refractivity contribution in [2.45, 2.75) is 6.18 Å². The second-order valence-electron chi connectivity index (χ2n) is 5.97. The van der Waals surface area contributed by atoms with Crippen LogP contribution in [0.5, 0.6) is 0 Å². The van der Waals surface area contributed by atoms with E-state index >= 15 is 0 Å².